The first kappa shape index (κ1) is 12.8. The van der Waals surface area contributed by atoms with Crippen LogP contribution in [0.15, 0.2) is 12.3 Å². The minimum Gasteiger partial charge on any atom is -0.397 e. The van der Waals surface area contributed by atoms with E-state index < -0.39 is 0 Å². The average molecular weight is 249 g/mol. The molecule has 18 heavy (non-hydrogen) atoms. The molecule has 5 nitrogen and oxygen atoms in total. The molecule has 2 rings (SSSR count). The van der Waals surface area contributed by atoms with Gasteiger partial charge >= 0.3 is 0 Å². The molecule has 0 aliphatic carbocycles. The van der Waals surface area contributed by atoms with Crippen LogP contribution in [0, 0.1) is 6.92 Å². The number of hydrogen-bond acceptors (Lipinski definition) is 4. The fourth-order valence-electron chi connectivity index (χ4n) is 2.15. The van der Waals surface area contributed by atoms with E-state index in [9.17, 15) is 4.79 Å². The molecule has 0 spiro atoms. The second-order valence-corrected chi connectivity index (χ2v) is 5.07. The Morgan fingerprint density at radius 2 is 2.39 bits per heavy atom. The maximum Gasteiger partial charge on any atom is 0.253 e. The number of anilines is 1. The summed E-state index contributed by atoms with van der Waals surface area (Å²) in [5, 5.41) is 3.02. The molecule has 3 N–H and O–H groups in total. The van der Waals surface area contributed by atoms with Gasteiger partial charge in [-0.25, -0.2) is 0 Å². The van der Waals surface area contributed by atoms with Crippen molar-refractivity contribution in [1.82, 2.24) is 10.3 Å². The Labute approximate surface area is 107 Å². The molecule has 5 heteroatoms. The Kier molecular flexibility index (Phi) is 3.52. The highest BCUT2D eigenvalue weighted by Crippen LogP contribution is 2.19. The van der Waals surface area contributed by atoms with Gasteiger partial charge in [0, 0.05) is 6.61 Å². The van der Waals surface area contributed by atoms with E-state index >= 15 is 0 Å². The van der Waals surface area contributed by atoms with Crippen molar-refractivity contribution in [1.29, 1.82) is 0 Å². The van der Waals surface area contributed by atoms with Crippen molar-refractivity contribution in [3.8, 4) is 0 Å². The SMILES string of the molecule is Cc1ncc(N)cc1C(=O)NC1(C)CCCOC1. The van der Waals surface area contributed by atoms with Gasteiger partial charge in [0.1, 0.15) is 0 Å². The molecule has 1 atom stereocenters. The van der Waals surface area contributed by atoms with E-state index in [2.05, 4.69) is 10.3 Å². The Hall–Kier alpha value is -1.62. The maximum absolute atomic E-state index is 12.2. The molecule has 0 saturated carbocycles. The Balaban J connectivity index is 2.14. The van der Waals surface area contributed by atoms with Crippen LogP contribution >= 0.6 is 0 Å². The summed E-state index contributed by atoms with van der Waals surface area (Å²) in [5.41, 5.74) is 7.07. The molecule has 2 heterocycles. The molecule has 0 aromatic carbocycles. The second kappa shape index (κ2) is 4.94. The summed E-state index contributed by atoms with van der Waals surface area (Å²) in [6, 6.07) is 1.66. The van der Waals surface area contributed by atoms with Gasteiger partial charge in [-0.15, -0.1) is 0 Å². The van der Waals surface area contributed by atoms with Gasteiger partial charge in [0.15, 0.2) is 0 Å². The summed E-state index contributed by atoms with van der Waals surface area (Å²) in [6.45, 7) is 5.12. The van der Waals surface area contributed by atoms with Crippen LogP contribution in [0.3, 0.4) is 0 Å². The molecule has 1 fully saturated rings. The van der Waals surface area contributed by atoms with Crippen LogP contribution in [0.1, 0.15) is 35.8 Å². The molecule has 1 aliphatic rings. The number of pyridine rings is 1. The molecular formula is C13H19N3O2. The van der Waals surface area contributed by atoms with Gasteiger partial charge in [-0.1, -0.05) is 0 Å². The molecule has 1 unspecified atom stereocenters. The molecule has 1 amide bonds. The van der Waals surface area contributed by atoms with Crippen LogP contribution in [0.25, 0.3) is 0 Å². The number of aromatic nitrogens is 1. The monoisotopic (exact) mass is 249 g/mol. The predicted octanol–water partition coefficient (Wildman–Crippen LogP) is 1.27. The van der Waals surface area contributed by atoms with Crippen molar-refractivity contribution in [3.63, 3.8) is 0 Å². The number of amides is 1. The van der Waals surface area contributed by atoms with Gasteiger partial charge in [-0.05, 0) is 32.8 Å². The van der Waals surface area contributed by atoms with Crippen molar-refractivity contribution < 1.29 is 9.53 Å². The molecule has 1 aliphatic heterocycles. The van der Waals surface area contributed by atoms with Crippen molar-refractivity contribution in [2.24, 2.45) is 0 Å². The molecule has 1 aromatic rings. The normalized spacial score (nSPS) is 23.7. The molecule has 1 saturated heterocycles. The van der Waals surface area contributed by atoms with Gasteiger partial charge in [0.05, 0.1) is 35.3 Å². The molecule has 98 valence electrons. The Morgan fingerprint density at radius 1 is 1.61 bits per heavy atom. The van der Waals surface area contributed by atoms with Crippen LogP contribution in [-0.2, 0) is 4.74 Å². The van der Waals surface area contributed by atoms with E-state index in [0.717, 1.165) is 19.4 Å². The number of ether oxygens (including phenoxy) is 1. The third-order valence-electron chi connectivity index (χ3n) is 3.21. The number of hydrogen-bond donors (Lipinski definition) is 2. The summed E-state index contributed by atoms with van der Waals surface area (Å²) in [4.78, 5) is 16.3. The van der Waals surface area contributed by atoms with Gasteiger partial charge in [-0.3, -0.25) is 9.78 Å². The average Bonchev–Trinajstić information content (AvgIpc) is 2.32. The second-order valence-electron chi connectivity index (χ2n) is 5.07. The van der Waals surface area contributed by atoms with E-state index in [1.165, 1.54) is 0 Å². The lowest BCUT2D eigenvalue weighted by Gasteiger charge is -2.34. The number of nitrogen functional groups attached to an aromatic ring is 1. The number of nitrogens with zero attached hydrogens (tertiary/aromatic N) is 1. The first-order chi connectivity index (χ1) is 8.50. The van der Waals surface area contributed by atoms with Gasteiger partial charge < -0.3 is 15.8 Å². The molecule has 0 bridgehead atoms. The lowest BCUT2D eigenvalue weighted by atomic mass is 9.94. The lowest BCUT2D eigenvalue weighted by Crippen LogP contribution is -2.51. The fourth-order valence-corrected chi connectivity index (χ4v) is 2.15. The van der Waals surface area contributed by atoms with Crippen molar-refractivity contribution in [2.45, 2.75) is 32.2 Å². The first-order valence-corrected chi connectivity index (χ1v) is 6.13. The standard InChI is InChI=1S/C13H19N3O2/c1-9-11(6-10(14)7-15-9)12(17)16-13(2)4-3-5-18-8-13/h6-7H,3-5,8,14H2,1-2H3,(H,16,17). The fraction of sp³-hybridized carbons (Fsp3) is 0.538. The number of rotatable bonds is 2. The summed E-state index contributed by atoms with van der Waals surface area (Å²) in [5.74, 6) is -0.139. The summed E-state index contributed by atoms with van der Waals surface area (Å²) in [7, 11) is 0. The van der Waals surface area contributed by atoms with Gasteiger partial charge in [0.25, 0.3) is 5.91 Å². The number of carbonyl (C=O) groups is 1. The van der Waals surface area contributed by atoms with Crippen LogP contribution in [0.5, 0.6) is 0 Å². The van der Waals surface area contributed by atoms with Crippen molar-refractivity contribution in [3.05, 3.63) is 23.5 Å². The zero-order valence-electron chi connectivity index (χ0n) is 10.8. The summed E-state index contributed by atoms with van der Waals surface area (Å²) >= 11 is 0. The molecular weight excluding hydrogens is 230 g/mol. The highest BCUT2D eigenvalue weighted by molar-refractivity contribution is 5.96. The van der Waals surface area contributed by atoms with Crippen LogP contribution in [0.4, 0.5) is 5.69 Å². The third-order valence-corrected chi connectivity index (χ3v) is 3.21. The Bertz CT molecular complexity index is 454. The van der Waals surface area contributed by atoms with Crippen LogP contribution in [0.2, 0.25) is 0 Å². The van der Waals surface area contributed by atoms with E-state index in [-0.39, 0.29) is 11.4 Å². The van der Waals surface area contributed by atoms with Crippen LogP contribution < -0.4 is 11.1 Å². The highest BCUT2D eigenvalue weighted by atomic mass is 16.5. The number of aryl methyl sites for hydroxylation is 1. The minimum absolute atomic E-state index is 0.139. The Morgan fingerprint density at radius 3 is 3.06 bits per heavy atom. The quantitative estimate of drug-likeness (QED) is 0.827. The predicted molar refractivity (Wildman–Crippen MR) is 69.3 cm³/mol. The lowest BCUT2D eigenvalue weighted by molar-refractivity contribution is 0.0272. The van der Waals surface area contributed by atoms with Gasteiger partial charge in [0.2, 0.25) is 0 Å². The van der Waals surface area contributed by atoms with Crippen molar-refractivity contribution in [2.75, 3.05) is 18.9 Å². The smallest absolute Gasteiger partial charge is 0.253 e. The van der Waals surface area contributed by atoms with E-state index in [1.54, 1.807) is 19.2 Å². The van der Waals surface area contributed by atoms with E-state index in [1.807, 2.05) is 6.92 Å². The minimum atomic E-state index is -0.299. The zero-order valence-corrected chi connectivity index (χ0v) is 10.8. The van der Waals surface area contributed by atoms with Crippen molar-refractivity contribution >= 4 is 11.6 Å². The number of nitrogens with one attached hydrogen (secondary N) is 1. The number of carbonyl (C=O) groups excluding carboxylic acids is 1. The number of nitrogens with two attached hydrogens (primary N) is 1. The first-order valence-electron chi connectivity index (χ1n) is 6.13. The maximum atomic E-state index is 12.2. The van der Waals surface area contributed by atoms with Crippen LogP contribution in [-0.4, -0.2) is 29.6 Å². The van der Waals surface area contributed by atoms with Gasteiger partial charge in [-0.2, -0.15) is 0 Å². The molecule has 1 aromatic heterocycles. The topological polar surface area (TPSA) is 77.2 Å². The van der Waals surface area contributed by atoms with E-state index in [4.69, 9.17) is 10.5 Å². The summed E-state index contributed by atoms with van der Waals surface area (Å²) < 4.78 is 5.42. The zero-order chi connectivity index (χ0) is 13.2. The van der Waals surface area contributed by atoms with E-state index in [0.29, 0.717) is 23.6 Å². The summed E-state index contributed by atoms with van der Waals surface area (Å²) in [6.07, 6.45) is 3.44. The molecule has 0 radical (unpaired) electrons. The highest BCUT2D eigenvalue weighted by Gasteiger charge is 2.30. The third kappa shape index (κ3) is 2.79. The largest absolute Gasteiger partial charge is 0.397 e.